The highest BCUT2D eigenvalue weighted by Crippen LogP contribution is 2.36. The molecule has 19 heavy (non-hydrogen) atoms. The Bertz CT molecular complexity index is 729. The summed E-state index contributed by atoms with van der Waals surface area (Å²) < 4.78 is 2.27. The van der Waals surface area contributed by atoms with Crippen LogP contribution in [0.1, 0.15) is 31.0 Å². The highest BCUT2D eigenvalue weighted by Gasteiger charge is 2.17. The molecule has 0 aliphatic heterocycles. The van der Waals surface area contributed by atoms with Crippen LogP contribution in [-0.4, -0.2) is 9.55 Å². The minimum Gasteiger partial charge on any atom is -0.361 e. The number of H-pyrrole nitrogens is 1. The van der Waals surface area contributed by atoms with Gasteiger partial charge in [-0.3, -0.25) is 0 Å². The van der Waals surface area contributed by atoms with Gasteiger partial charge < -0.3 is 9.55 Å². The van der Waals surface area contributed by atoms with Crippen LogP contribution in [-0.2, 0) is 7.05 Å². The number of aromatic amines is 1. The molecule has 0 atom stereocenters. The molecule has 0 unspecified atom stereocenters. The number of nitrogens with zero attached hydrogens (tertiary/aromatic N) is 1. The van der Waals surface area contributed by atoms with Crippen molar-refractivity contribution in [3.8, 4) is 11.3 Å². The van der Waals surface area contributed by atoms with Gasteiger partial charge in [0, 0.05) is 35.4 Å². The van der Waals surface area contributed by atoms with Crippen LogP contribution >= 0.6 is 0 Å². The molecule has 2 aromatic heterocycles. The Hall–Kier alpha value is -1.96. The number of nitrogens with one attached hydrogen (secondary N) is 1. The summed E-state index contributed by atoms with van der Waals surface area (Å²) in [5.41, 5.74) is 6.60. The second-order valence-electron chi connectivity index (χ2n) is 5.50. The standard InChI is InChI=1S/C17H20N2/c1-11(2)13-9-10-18-17(13)16-12(3)19(4)15-8-6-5-7-14(15)16/h5-11,18H,1-4H3. The zero-order valence-corrected chi connectivity index (χ0v) is 12.0. The Morgan fingerprint density at radius 3 is 2.58 bits per heavy atom. The SMILES string of the molecule is Cc1c(-c2[nH]ccc2C(C)C)c2ccccc2n1C. The van der Waals surface area contributed by atoms with E-state index in [1.807, 2.05) is 6.20 Å². The van der Waals surface area contributed by atoms with Crippen LogP contribution in [0.3, 0.4) is 0 Å². The highest BCUT2D eigenvalue weighted by atomic mass is 14.9. The zero-order valence-electron chi connectivity index (χ0n) is 12.0. The number of fused-ring (bicyclic) bond motifs is 1. The van der Waals surface area contributed by atoms with Gasteiger partial charge in [0.2, 0.25) is 0 Å². The fourth-order valence-electron chi connectivity index (χ4n) is 2.92. The Balaban J connectivity index is 2.37. The maximum Gasteiger partial charge on any atom is 0.0513 e. The molecule has 98 valence electrons. The third kappa shape index (κ3) is 1.71. The van der Waals surface area contributed by atoms with Crippen molar-refractivity contribution < 1.29 is 0 Å². The lowest BCUT2D eigenvalue weighted by atomic mass is 9.98. The first-order valence-corrected chi connectivity index (χ1v) is 6.83. The summed E-state index contributed by atoms with van der Waals surface area (Å²) in [6.07, 6.45) is 2.05. The smallest absolute Gasteiger partial charge is 0.0513 e. The van der Waals surface area contributed by atoms with Crippen molar-refractivity contribution in [3.05, 3.63) is 47.8 Å². The second-order valence-corrected chi connectivity index (χ2v) is 5.50. The lowest BCUT2D eigenvalue weighted by molar-refractivity contribution is 0.869. The summed E-state index contributed by atoms with van der Waals surface area (Å²) in [6.45, 7) is 6.68. The van der Waals surface area contributed by atoms with E-state index in [4.69, 9.17) is 0 Å². The van der Waals surface area contributed by atoms with Gasteiger partial charge in [0.25, 0.3) is 0 Å². The Kier molecular flexibility index (Phi) is 2.74. The van der Waals surface area contributed by atoms with E-state index < -0.39 is 0 Å². The Morgan fingerprint density at radius 1 is 1.11 bits per heavy atom. The molecule has 0 saturated carbocycles. The predicted molar refractivity (Wildman–Crippen MR) is 81.5 cm³/mol. The lowest BCUT2D eigenvalue weighted by Crippen LogP contribution is -1.93. The molecule has 0 saturated heterocycles. The van der Waals surface area contributed by atoms with Crippen LogP contribution in [0, 0.1) is 6.92 Å². The third-order valence-electron chi connectivity index (χ3n) is 4.05. The van der Waals surface area contributed by atoms with Gasteiger partial charge in [-0.25, -0.2) is 0 Å². The first-order valence-electron chi connectivity index (χ1n) is 6.83. The van der Waals surface area contributed by atoms with Crippen LogP contribution in [0.5, 0.6) is 0 Å². The molecule has 0 bridgehead atoms. The topological polar surface area (TPSA) is 20.7 Å². The molecule has 2 heterocycles. The van der Waals surface area contributed by atoms with Gasteiger partial charge in [-0.2, -0.15) is 0 Å². The van der Waals surface area contributed by atoms with Gasteiger partial charge in [-0.1, -0.05) is 32.0 Å². The van der Waals surface area contributed by atoms with Crippen LogP contribution < -0.4 is 0 Å². The van der Waals surface area contributed by atoms with Crippen molar-refractivity contribution in [1.29, 1.82) is 0 Å². The van der Waals surface area contributed by atoms with E-state index in [-0.39, 0.29) is 0 Å². The van der Waals surface area contributed by atoms with Crippen LogP contribution in [0.4, 0.5) is 0 Å². The van der Waals surface area contributed by atoms with Gasteiger partial charge in [0.1, 0.15) is 0 Å². The number of aryl methyl sites for hydroxylation is 1. The minimum atomic E-state index is 0.527. The lowest BCUT2D eigenvalue weighted by Gasteiger charge is -2.08. The molecule has 0 aliphatic carbocycles. The van der Waals surface area contributed by atoms with E-state index in [0.29, 0.717) is 5.92 Å². The molecule has 0 spiro atoms. The van der Waals surface area contributed by atoms with E-state index in [0.717, 1.165) is 0 Å². The number of aromatic nitrogens is 2. The van der Waals surface area contributed by atoms with Crippen LogP contribution in [0.15, 0.2) is 36.5 Å². The van der Waals surface area contributed by atoms with Crippen LogP contribution in [0.2, 0.25) is 0 Å². The molecule has 1 aromatic carbocycles. The van der Waals surface area contributed by atoms with Crippen molar-refractivity contribution in [2.75, 3.05) is 0 Å². The quantitative estimate of drug-likeness (QED) is 0.688. The van der Waals surface area contributed by atoms with E-state index in [9.17, 15) is 0 Å². The molecule has 3 rings (SSSR count). The summed E-state index contributed by atoms with van der Waals surface area (Å²) in [5.74, 6) is 0.527. The summed E-state index contributed by atoms with van der Waals surface area (Å²) in [5, 5.41) is 1.33. The number of para-hydroxylation sites is 1. The monoisotopic (exact) mass is 252 g/mol. The first kappa shape index (κ1) is 12.1. The summed E-state index contributed by atoms with van der Waals surface area (Å²) in [4.78, 5) is 3.44. The van der Waals surface area contributed by atoms with Gasteiger partial charge in [-0.15, -0.1) is 0 Å². The second kappa shape index (κ2) is 4.30. The summed E-state index contributed by atoms with van der Waals surface area (Å²) in [7, 11) is 2.14. The van der Waals surface area contributed by atoms with Crippen molar-refractivity contribution >= 4 is 10.9 Å². The maximum absolute atomic E-state index is 3.44. The average molecular weight is 252 g/mol. The van der Waals surface area contributed by atoms with Crippen molar-refractivity contribution in [2.45, 2.75) is 26.7 Å². The summed E-state index contributed by atoms with van der Waals surface area (Å²) >= 11 is 0. The number of rotatable bonds is 2. The van der Waals surface area contributed by atoms with Crippen molar-refractivity contribution in [2.24, 2.45) is 7.05 Å². The molecular formula is C17H20N2. The number of hydrogen-bond acceptors (Lipinski definition) is 0. The molecule has 2 nitrogen and oxygen atoms in total. The molecule has 1 N–H and O–H groups in total. The zero-order chi connectivity index (χ0) is 13.6. The predicted octanol–water partition coefficient (Wildman–Crippen LogP) is 4.61. The van der Waals surface area contributed by atoms with E-state index in [1.165, 1.54) is 33.4 Å². The maximum atomic E-state index is 3.44. The summed E-state index contributed by atoms with van der Waals surface area (Å²) in [6, 6.07) is 10.8. The Morgan fingerprint density at radius 2 is 1.84 bits per heavy atom. The highest BCUT2D eigenvalue weighted by molar-refractivity contribution is 5.97. The van der Waals surface area contributed by atoms with Gasteiger partial charge in [-0.05, 0) is 30.5 Å². The van der Waals surface area contributed by atoms with Crippen molar-refractivity contribution in [1.82, 2.24) is 9.55 Å². The van der Waals surface area contributed by atoms with Crippen molar-refractivity contribution in [3.63, 3.8) is 0 Å². The van der Waals surface area contributed by atoms with Gasteiger partial charge >= 0.3 is 0 Å². The largest absolute Gasteiger partial charge is 0.361 e. The molecule has 0 amide bonds. The minimum absolute atomic E-state index is 0.527. The third-order valence-corrected chi connectivity index (χ3v) is 4.05. The number of hydrogen-bond donors (Lipinski definition) is 1. The normalized spacial score (nSPS) is 11.6. The Labute approximate surface area is 114 Å². The van der Waals surface area contributed by atoms with Gasteiger partial charge in [0.15, 0.2) is 0 Å². The molecular weight excluding hydrogens is 232 g/mol. The van der Waals surface area contributed by atoms with E-state index in [2.05, 4.69) is 67.7 Å². The molecule has 3 aromatic rings. The molecule has 2 heteroatoms. The molecule has 0 fully saturated rings. The molecule has 0 aliphatic rings. The fourth-order valence-corrected chi connectivity index (χ4v) is 2.92. The fraction of sp³-hybridized carbons (Fsp3) is 0.294. The van der Waals surface area contributed by atoms with Crippen LogP contribution in [0.25, 0.3) is 22.2 Å². The first-order chi connectivity index (χ1) is 9.11. The van der Waals surface area contributed by atoms with E-state index >= 15 is 0 Å². The number of benzene rings is 1. The van der Waals surface area contributed by atoms with E-state index in [1.54, 1.807) is 0 Å². The molecule has 0 radical (unpaired) electrons. The average Bonchev–Trinajstić information content (AvgIpc) is 2.95. The van der Waals surface area contributed by atoms with Gasteiger partial charge in [0.05, 0.1) is 5.69 Å².